The average molecular weight is 327 g/mol. The first-order valence-corrected chi connectivity index (χ1v) is 8.03. The Morgan fingerprint density at radius 1 is 1.29 bits per heavy atom. The van der Waals surface area contributed by atoms with Crippen LogP contribution in [0.15, 0.2) is 34.9 Å². The van der Waals surface area contributed by atoms with Crippen molar-refractivity contribution < 1.29 is 14.1 Å². The van der Waals surface area contributed by atoms with Gasteiger partial charge in [-0.1, -0.05) is 22.9 Å². The van der Waals surface area contributed by atoms with E-state index < -0.39 is 0 Å². The SMILES string of the molecule is Cc1ccc(N2CC(C)N(C(=O)Cc3cc(C)no3)CC2=O)cc1. The Balaban J connectivity index is 1.69. The lowest BCUT2D eigenvalue weighted by Gasteiger charge is -2.39. The zero-order chi connectivity index (χ0) is 17.3. The second kappa shape index (κ2) is 6.47. The molecule has 0 aliphatic carbocycles. The first-order valence-electron chi connectivity index (χ1n) is 8.03. The van der Waals surface area contributed by atoms with Gasteiger partial charge in [0.05, 0.1) is 12.1 Å². The molecular weight excluding hydrogens is 306 g/mol. The van der Waals surface area contributed by atoms with E-state index in [9.17, 15) is 9.59 Å². The van der Waals surface area contributed by atoms with Crippen LogP contribution in [0.5, 0.6) is 0 Å². The molecule has 1 aromatic heterocycles. The van der Waals surface area contributed by atoms with Crippen molar-refractivity contribution >= 4 is 17.5 Å². The predicted octanol–water partition coefficient (Wildman–Crippen LogP) is 2.10. The molecule has 1 saturated heterocycles. The van der Waals surface area contributed by atoms with Crippen LogP contribution < -0.4 is 4.90 Å². The van der Waals surface area contributed by atoms with Gasteiger partial charge < -0.3 is 14.3 Å². The number of nitrogens with zero attached hydrogens (tertiary/aromatic N) is 3. The number of carbonyl (C=O) groups excluding carboxylic acids is 2. The number of benzene rings is 1. The summed E-state index contributed by atoms with van der Waals surface area (Å²) in [6.07, 6.45) is 0.128. The average Bonchev–Trinajstić information content (AvgIpc) is 2.95. The molecule has 2 heterocycles. The molecule has 3 rings (SSSR count). The van der Waals surface area contributed by atoms with Gasteiger partial charge in [0.1, 0.15) is 12.3 Å². The molecule has 1 atom stereocenters. The number of aromatic nitrogens is 1. The number of rotatable bonds is 3. The Labute approximate surface area is 141 Å². The van der Waals surface area contributed by atoms with E-state index in [0.29, 0.717) is 12.3 Å². The van der Waals surface area contributed by atoms with E-state index in [4.69, 9.17) is 4.52 Å². The quantitative estimate of drug-likeness (QED) is 0.866. The van der Waals surface area contributed by atoms with Crippen LogP contribution in [0, 0.1) is 13.8 Å². The molecule has 126 valence electrons. The number of aryl methyl sites for hydroxylation is 2. The molecular formula is C18H21N3O3. The Morgan fingerprint density at radius 3 is 2.62 bits per heavy atom. The van der Waals surface area contributed by atoms with Gasteiger partial charge in [-0.15, -0.1) is 0 Å². The van der Waals surface area contributed by atoms with Crippen LogP contribution in [-0.2, 0) is 16.0 Å². The minimum Gasteiger partial charge on any atom is -0.361 e. The van der Waals surface area contributed by atoms with Gasteiger partial charge in [-0.05, 0) is 32.9 Å². The molecule has 1 aliphatic rings. The third kappa shape index (κ3) is 3.32. The fraction of sp³-hybridized carbons (Fsp3) is 0.389. The highest BCUT2D eigenvalue weighted by molar-refractivity contribution is 5.98. The minimum absolute atomic E-state index is 0.0551. The van der Waals surface area contributed by atoms with Crippen molar-refractivity contribution in [2.24, 2.45) is 0 Å². The van der Waals surface area contributed by atoms with E-state index in [1.165, 1.54) is 0 Å². The smallest absolute Gasteiger partial charge is 0.246 e. The monoisotopic (exact) mass is 327 g/mol. The zero-order valence-corrected chi connectivity index (χ0v) is 14.2. The molecule has 0 radical (unpaired) electrons. The summed E-state index contributed by atoms with van der Waals surface area (Å²) in [5.41, 5.74) is 2.76. The van der Waals surface area contributed by atoms with Crippen molar-refractivity contribution in [1.82, 2.24) is 10.1 Å². The van der Waals surface area contributed by atoms with Crippen molar-refractivity contribution in [2.45, 2.75) is 33.2 Å². The van der Waals surface area contributed by atoms with Gasteiger partial charge in [-0.3, -0.25) is 9.59 Å². The summed E-state index contributed by atoms with van der Waals surface area (Å²) in [6, 6.07) is 9.53. The van der Waals surface area contributed by atoms with Crippen molar-refractivity contribution in [3.8, 4) is 0 Å². The van der Waals surface area contributed by atoms with Crippen LogP contribution >= 0.6 is 0 Å². The maximum atomic E-state index is 12.5. The molecule has 0 spiro atoms. The molecule has 1 aromatic carbocycles. The van der Waals surface area contributed by atoms with Gasteiger partial charge in [0.15, 0.2) is 0 Å². The predicted molar refractivity (Wildman–Crippen MR) is 89.7 cm³/mol. The van der Waals surface area contributed by atoms with E-state index in [-0.39, 0.29) is 30.8 Å². The lowest BCUT2D eigenvalue weighted by Crippen LogP contribution is -2.57. The molecule has 1 aliphatic heterocycles. The fourth-order valence-corrected chi connectivity index (χ4v) is 2.91. The minimum atomic E-state index is -0.115. The fourth-order valence-electron chi connectivity index (χ4n) is 2.91. The second-order valence-corrected chi connectivity index (χ2v) is 6.32. The number of hydrogen-bond donors (Lipinski definition) is 0. The Kier molecular flexibility index (Phi) is 4.38. The van der Waals surface area contributed by atoms with Crippen molar-refractivity contribution in [1.29, 1.82) is 0 Å². The van der Waals surface area contributed by atoms with Crippen LogP contribution in [0.25, 0.3) is 0 Å². The third-order valence-corrected chi connectivity index (χ3v) is 4.25. The molecule has 6 nitrogen and oxygen atoms in total. The van der Waals surface area contributed by atoms with E-state index in [1.54, 1.807) is 15.9 Å². The lowest BCUT2D eigenvalue weighted by atomic mass is 10.1. The molecule has 6 heteroatoms. The van der Waals surface area contributed by atoms with Crippen LogP contribution in [-0.4, -0.2) is 41.0 Å². The molecule has 1 fully saturated rings. The highest BCUT2D eigenvalue weighted by atomic mass is 16.5. The van der Waals surface area contributed by atoms with E-state index in [0.717, 1.165) is 16.9 Å². The summed E-state index contributed by atoms with van der Waals surface area (Å²) in [5, 5.41) is 3.79. The maximum absolute atomic E-state index is 12.5. The van der Waals surface area contributed by atoms with Crippen molar-refractivity contribution in [2.75, 3.05) is 18.0 Å². The Morgan fingerprint density at radius 2 is 2.00 bits per heavy atom. The number of piperazine rings is 1. The highest BCUT2D eigenvalue weighted by Gasteiger charge is 2.33. The number of carbonyl (C=O) groups is 2. The Hall–Kier alpha value is -2.63. The van der Waals surface area contributed by atoms with Gasteiger partial charge in [0.2, 0.25) is 11.8 Å². The molecule has 2 amide bonds. The Bertz CT molecular complexity index is 751. The van der Waals surface area contributed by atoms with Gasteiger partial charge in [0.25, 0.3) is 0 Å². The lowest BCUT2D eigenvalue weighted by molar-refractivity contribution is -0.139. The molecule has 24 heavy (non-hydrogen) atoms. The molecule has 0 saturated carbocycles. The van der Waals surface area contributed by atoms with Gasteiger partial charge >= 0.3 is 0 Å². The highest BCUT2D eigenvalue weighted by Crippen LogP contribution is 2.21. The van der Waals surface area contributed by atoms with E-state index >= 15 is 0 Å². The van der Waals surface area contributed by atoms with Crippen LogP contribution in [0.2, 0.25) is 0 Å². The van der Waals surface area contributed by atoms with Crippen LogP contribution in [0.1, 0.15) is 23.9 Å². The topological polar surface area (TPSA) is 66.7 Å². The summed E-state index contributed by atoms with van der Waals surface area (Å²) in [4.78, 5) is 28.3. The summed E-state index contributed by atoms with van der Waals surface area (Å²) in [5.74, 6) is 0.340. The largest absolute Gasteiger partial charge is 0.361 e. The zero-order valence-electron chi connectivity index (χ0n) is 14.2. The van der Waals surface area contributed by atoms with E-state index in [2.05, 4.69) is 5.16 Å². The molecule has 0 bridgehead atoms. The number of amides is 2. The molecule has 1 unspecified atom stereocenters. The van der Waals surface area contributed by atoms with Gasteiger partial charge in [-0.2, -0.15) is 0 Å². The van der Waals surface area contributed by atoms with Gasteiger partial charge in [0, 0.05) is 24.3 Å². The first kappa shape index (κ1) is 16.2. The van der Waals surface area contributed by atoms with Crippen LogP contribution in [0.3, 0.4) is 0 Å². The number of hydrogen-bond acceptors (Lipinski definition) is 4. The normalized spacial score (nSPS) is 18.1. The van der Waals surface area contributed by atoms with Gasteiger partial charge in [-0.25, -0.2) is 0 Å². The van der Waals surface area contributed by atoms with Crippen molar-refractivity contribution in [3.05, 3.63) is 47.3 Å². The van der Waals surface area contributed by atoms with Crippen molar-refractivity contribution in [3.63, 3.8) is 0 Å². The molecule has 0 N–H and O–H groups in total. The first-order chi connectivity index (χ1) is 11.4. The number of anilines is 1. The second-order valence-electron chi connectivity index (χ2n) is 6.32. The van der Waals surface area contributed by atoms with Crippen LogP contribution in [0.4, 0.5) is 5.69 Å². The van der Waals surface area contributed by atoms with E-state index in [1.807, 2.05) is 45.0 Å². The molecule has 2 aromatic rings. The summed E-state index contributed by atoms with van der Waals surface area (Å²) >= 11 is 0. The third-order valence-electron chi connectivity index (χ3n) is 4.25. The summed E-state index contributed by atoms with van der Waals surface area (Å²) in [6.45, 7) is 6.35. The standard InChI is InChI=1S/C18H21N3O3/c1-12-4-6-15(7-5-12)21-10-14(3)20(11-18(21)23)17(22)9-16-8-13(2)19-24-16/h4-8,14H,9-11H2,1-3H3. The summed E-state index contributed by atoms with van der Waals surface area (Å²) < 4.78 is 5.10. The maximum Gasteiger partial charge on any atom is 0.246 e. The summed E-state index contributed by atoms with van der Waals surface area (Å²) in [7, 11) is 0.